The van der Waals surface area contributed by atoms with E-state index in [1.54, 1.807) is 30.5 Å². The van der Waals surface area contributed by atoms with Gasteiger partial charge >= 0.3 is 5.97 Å². The van der Waals surface area contributed by atoms with E-state index in [0.29, 0.717) is 0 Å². The van der Waals surface area contributed by atoms with E-state index in [1.165, 1.54) is 7.11 Å². The number of ether oxygens (including phenoxy) is 1. The summed E-state index contributed by atoms with van der Waals surface area (Å²) < 4.78 is 4.69. The first-order valence-corrected chi connectivity index (χ1v) is 5.44. The van der Waals surface area contributed by atoms with Gasteiger partial charge in [0.1, 0.15) is 11.8 Å². The van der Waals surface area contributed by atoms with Crippen molar-refractivity contribution in [2.24, 2.45) is 10.9 Å². The lowest BCUT2D eigenvalue weighted by Crippen LogP contribution is -2.25. The lowest BCUT2D eigenvalue weighted by atomic mass is 10.1. The highest BCUT2D eigenvalue weighted by molar-refractivity contribution is 5.84. The largest absolute Gasteiger partial charge is 0.508 e. The Balaban J connectivity index is 2.79. The molecule has 0 aliphatic carbocycles. The number of benzene rings is 1. The number of esters is 1. The first-order valence-electron chi connectivity index (χ1n) is 5.44. The zero-order chi connectivity index (χ0) is 12.8. The maximum atomic E-state index is 11.5. The van der Waals surface area contributed by atoms with Crippen molar-refractivity contribution in [2.45, 2.75) is 19.9 Å². The Morgan fingerprint density at radius 1 is 1.35 bits per heavy atom. The van der Waals surface area contributed by atoms with Crippen molar-refractivity contribution in [1.82, 2.24) is 0 Å². The van der Waals surface area contributed by atoms with E-state index in [9.17, 15) is 4.79 Å². The molecule has 0 saturated heterocycles. The third kappa shape index (κ3) is 3.90. The van der Waals surface area contributed by atoms with Crippen molar-refractivity contribution in [3.05, 3.63) is 29.8 Å². The topological polar surface area (TPSA) is 58.9 Å². The van der Waals surface area contributed by atoms with E-state index in [0.717, 1.165) is 5.56 Å². The second kappa shape index (κ2) is 6.03. The lowest BCUT2D eigenvalue weighted by molar-refractivity contribution is -0.143. The first-order chi connectivity index (χ1) is 8.04. The van der Waals surface area contributed by atoms with Crippen LogP contribution in [0.25, 0.3) is 0 Å². The molecule has 1 aromatic rings. The van der Waals surface area contributed by atoms with E-state index < -0.39 is 6.04 Å². The summed E-state index contributed by atoms with van der Waals surface area (Å²) in [6.45, 7) is 3.82. The Bertz CT molecular complexity index is 396. The molecule has 1 N–H and O–H groups in total. The number of methoxy groups -OCH3 is 1. The molecular weight excluding hydrogens is 218 g/mol. The van der Waals surface area contributed by atoms with Gasteiger partial charge in [-0.25, -0.2) is 4.79 Å². The number of aliphatic imine (C=N–C) groups is 1. The zero-order valence-electron chi connectivity index (χ0n) is 10.3. The number of hydrogen-bond acceptors (Lipinski definition) is 4. The average molecular weight is 235 g/mol. The minimum atomic E-state index is -0.492. The highest BCUT2D eigenvalue weighted by Crippen LogP contribution is 2.11. The maximum absolute atomic E-state index is 11.5. The number of phenols is 1. The summed E-state index contributed by atoms with van der Waals surface area (Å²) in [6, 6.07) is 6.11. The predicted octanol–water partition coefficient (Wildman–Crippen LogP) is 2.01. The molecule has 92 valence electrons. The molecule has 0 bridgehead atoms. The van der Waals surface area contributed by atoms with Gasteiger partial charge in [-0.15, -0.1) is 0 Å². The summed E-state index contributed by atoms with van der Waals surface area (Å²) in [5.74, 6) is -0.0543. The predicted molar refractivity (Wildman–Crippen MR) is 66.3 cm³/mol. The Hall–Kier alpha value is -1.84. The van der Waals surface area contributed by atoms with Crippen LogP contribution >= 0.6 is 0 Å². The number of carbonyl (C=O) groups is 1. The molecule has 1 aromatic carbocycles. The van der Waals surface area contributed by atoms with Crippen LogP contribution in [0.2, 0.25) is 0 Å². The Kier molecular flexibility index (Phi) is 4.69. The molecule has 1 atom stereocenters. The molecule has 1 rings (SSSR count). The van der Waals surface area contributed by atoms with Gasteiger partial charge in [0.15, 0.2) is 0 Å². The molecule has 0 saturated carbocycles. The van der Waals surface area contributed by atoms with Gasteiger partial charge in [0, 0.05) is 6.21 Å². The molecule has 0 aromatic heterocycles. The van der Waals surface area contributed by atoms with E-state index >= 15 is 0 Å². The third-order valence-corrected chi connectivity index (χ3v) is 2.35. The molecule has 0 aliphatic rings. The highest BCUT2D eigenvalue weighted by atomic mass is 16.5. The Morgan fingerprint density at radius 3 is 2.41 bits per heavy atom. The Morgan fingerprint density at radius 2 is 1.94 bits per heavy atom. The molecule has 0 unspecified atom stereocenters. The zero-order valence-corrected chi connectivity index (χ0v) is 10.3. The maximum Gasteiger partial charge on any atom is 0.330 e. The Labute approximate surface area is 101 Å². The number of aromatic hydroxyl groups is 1. The summed E-state index contributed by atoms with van der Waals surface area (Å²) in [5, 5.41) is 9.13. The van der Waals surface area contributed by atoms with Crippen LogP contribution in [0.1, 0.15) is 19.4 Å². The van der Waals surface area contributed by atoms with Gasteiger partial charge in [0.2, 0.25) is 0 Å². The van der Waals surface area contributed by atoms with Gasteiger partial charge in [0.25, 0.3) is 0 Å². The number of nitrogens with zero attached hydrogens (tertiary/aromatic N) is 1. The SMILES string of the molecule is COC(=O)[C@@H](N=Cc1ccc(O)cc1)C(C)C. The molecule has 17 heavy (non-hydrogen) atoms. The van der Waals surface area contributed by atoms with Crippen LogP contribution in [0.15, 0.2) is 29.3 Å². The average Bonchev–Trinajstić information content (AvgIpc) is 2.31. The van der Waals surface area contributed by atoms with Crippen molar-refractivity contribution in [3.8, 4) is 5.75 Å². The van der Waals surface area contributed by atoms with Gasteiger partial charge in [-0.1, -0.05) is 13.8 Å². The number of rotatable bonds is 4. The molecule has 0 fully saturated rings. The van der Waals surface area contributed by atoms with Crippen LogP contribution in [0.3, 0.4) is 0 Å². The number of phenolic OH excluding ortho intramolecular Hbond substituents is 1. The normalized spacial score (nSPS) is 12.9. The van der Waals surface area contributed by atoms with Crippen molar-refractivity contribution in [3.63, 3.8) is 0 Å². The summed E-state index contributed by atoms with van der Waals surface area (Å²) in [6.07, 6.45) is 1.61. The van der Waals surface area contributed by atoms with Gasteiger partial charge in [-0.2, -0.15) is 0 Å². The smallest absolute Gasteiger partial charge is 0.330 e. The quantitative estimate of drug-likeness (QED) is 0.641. The van der Waals surface area contributed by atoms with Gasteiger partial charge < -0.3 is 9.84 Å². The molecule has 4 nitrogen and oxygen atoms in total. The highest BCUT2D eigenvalue weighted by Gasteiger charge is 2.20. The van der Waals surface area contributed by atoms with E-state index in [-0.39, 0.29) is 17.6 Å². The van der Waals surface area contributed by atoms with Crippen LogP contribution in [-0.2, 0) is 9.53 Å². The molecular formula is C13H17NO3. The van der Waals surface area contributed by atoms with E-state index in [1.807, 2.05) is 13.8 Å². The monoisotopic (exact) mass is 235 g/mol. The van der Waals surface area contributed by atoms with Crippen LogP contribution in [-0.4, -0.2) is 30.4 Å². The lowest BCUT2D eigenvalue weighted by Gasteiger charge is -2.13. The molecule has 0 amide bonds. The van der Waals surface area contributed by atoms with Crippen LogP contribution in [0.4, 0.5) is 0 Å². The molecule has 0 aliphatic heterocycles. The van der Waals surface area contributed by atoms with Crippen molar-refractivity contribution in [2.75, 3.05) is 7.11 Å². The molecule has 0 radical (unpaired) electrons. The summed E-state index contributed by atoms with van der Waals surface area (Å²) in [5.41, 5.74) is 0.831. The van der Waals surface area contributed by atoms with Crippen molar-refractivity contribution in [1.29, 1.82) is 0 Å². The molecule has 0 spiro atoms. The number of hydrogen-bond donors (Lipinski definition) is 1. The third-order valence-electron chi connectivity index (χ3n) is 2.35. The summed E-state index contributed by atoms with van der Waals surface area (Å²) >= 11 is 0. The van der Waals surface area contributed by atoms with Gasteiger partial charge in [0.05, 0.1) is 7.11 Å². The summed E-state index contributed by atoms with van der Waals surface area (Å²) in [7, 11) is 1.35. The van der Waals surface area contributed by atoms with Crippen LogP contribution in [0.5, 0.6) is 5.75 Å². The van der Waals surface area contributed by atoms with Gasteiger partial charge in [-0.3, -0.25) is 4.99 Å². The van der Waals surface area contributed by atoms with Crippen molar-refractivity contribution >= 4 is 12.2 Å². The number of carbonyl (C=O) groups excluding carboxylic acids is 1. The minimum Gasteiger partial charge on any atom is -0.508 e. The van der Waals surface area contributed by atoms with Gasteiger partial charge in [-0.05, 0) is 35.7 Å². The molecule has 0 heterocycles. The fraction of sp³-hybridized carbons (Fsp3) is 0.385. The fourth-order valence-electron chi connectivity index (χ4n) is 1.35. The summed E-state index contributed by atoms with van der Waals surface area (Å²) in [4.78, 5) is 15.7. The second-order valence-electron chi connectivity index (χ2n) is 4.08. The first kappa shape index (κ1) is 13.2. The van der Waals surface area contributed by atoms with Crippen molar-refractivity contribution < 1.29 is 14.6 Å². The second-order valence-corrected chi connectivity index (χ2v) is 4.08. The fourth-order valence-corrected chi connectivity index (χ4v) is 1.35. The minimum absolute atomic E-state index is 0.0795. The molecule has 4 heteroatoms. The van der Waals surface area contributed by atoms with Crippen LogP contribution in [0, 0.1) is 5.92 Å². The van der Waals surface area contributed by atoms with Crippen LogP contribution < -0.4 is 0 Å². The van der Waals surface area contributed by atoms with E-state index in [4.69, 9.17) is 5.11 Å². The van der Waals surface area contributed by atoms with E-state index in [2.05, 4.69) is 9.73 Å². The standard InChI is InChI=1S/C13H17NO3/c1-9(2)12(13(16)17-3)14-8-10-4-6-11(15)7-5-10/h4-9,12,15H,1-3H3/t12-/m0/s1.